The van der Waals surface area contributed by atoms with E-state index < -0.39 is 12.0 Å². The maximum atomic E-state index is 14.7. The molecule has 3 rings (SSSR count). The second-order valence-electron chi connectivity index (χ2n) is 6.95. The van der Waals surface area contributed by atoms with E-state index >= 15 is 0 Å². The Balaban J connectivity index is 1.69. The van der Waals surface area contributed by atoms with Gasteiger partial charge in [-0.25, -0.2) is 9.38 Å². The van der Waals surface area contributed by atoms with Gasteiger partial charge >= 0.3 is 5.97 Å². The van der Waals surface area contributed by atoms with Crippen molar-refractivity contribution in [1.82, 2.24) is 10.5 Å². The number of halogens is 1. The van der Waals surface area contributed by atoms with Gasteiger partial charge in [0.2, 0.25) is 0 Å². The molecule has 0 bridgehead atoms. The lowest BCUT2D eigenvalue weighted by Gasteiger charge is -2.10. The van der Waals surface area contributed by atoms with Crippen molar-refractivity contribution in [2.45, 2.75) is 32.4 Å². The number of aliphatic carboxylic acids is 1. The van der Waals surface area contributed by atoms with E-state index in [9.17, 15) is 9.18 Å². The van der Waals surface area contributed by atoms with Crippen molar-refractivity contribution < 1.29 is 18.8 Å². The Morgan fingerprint density at radius 1 is 1.23 bits per heavy atom. The number of aliphatic imine (C=N–C) groups is 1. The molecule has 0 radical (unpaired) electrons. The van der Waals surface area contributed by atoms with Gasteiger partial charge in [0, 0.05) is 17.5 Å². The van der Waals surface area contributed by atoms with Crippen LogP contribution in [0.25, 0.3) is 11.1 Å². The molecule has 0 fully saturated rings. The zero-order valence-electron chi connectivity index (χ0n) is 16.7. The third-order valence-corrected chi connectivity index (χ3v) is 4.73. The highest BCUT2D eigenvalue weighted by Gasteiger charge is 2.17. The summed E-state index contributed by atoms with van der Waals surface area (Å²) in [6, 6.07) is 15.4. The number of nitrogens with zero attached hydrogens (tertiary/aromatic N) is 2. The number of hydrogen-bond acceptors (Lipinski definition) is 4. The Hall–Kier alpha value is -3.68. The fourth-order valence-electron chi connectivity index (χ4n) is 2.92. The number of carboxylic acids is 1. The number of guanidine groups is 1. The van der Waals surface area contributed by atoms with Crippen molar-refractivity contribution in [3.8, 4) is 11.1 Å². The van der Waals surface area contributed by atoms with Crippen LogP contribution in [-0.4, -0.2) is 28.2 Å². The molecule has 0 saturated carbocycles. The molecule has 0 spiro atoms. The van der Waals surface area contributed by atoms with Crippen LogP contribution in [0.4, 0.5) is 4.39 Å². The lowest BCUT2D eigenvalue weighted by molar-refractivity contribution is -0.138. The van der Waals surface area contributed by atoms with E-state index in [1.54, 1.807) is 12.1 Å². The number of benzene rings is 2. The van der Waals surface area contributed by atoms with Crippen LogP contribution in [0.5, 0.6) is 0 Å². The Morgan fingerprint density at radius 3 is 2.63 bits per heavy atom. The number of nitrogens with one attached hydrogen (secondary N) is 1. The van der Waals surface area contributed by atoms with Crippen LogP contribution < -0.4 is 11.1 Å². The molecule has 0 saturated heterocycles. The van der Waals surface area contributed by atoms with Crippen LogP contribution in [0.15, 0.2) is 64.1 Å². The highest BCUT2D eigenvalue weighted by atomic mass is 19.1. The minimum atomic E-state index is -1.03. The summed E-state index contributed by atoms with van der Waals surface area (Å²) in [5, 5.41) is 15.4. The quantitative estimate of drug-likeness (QED) is 0.406. The van der Waals surface area contributed by atoms with Crippen molar-refractivity contribution in [2.75, 3.05) is 0 Å². The lowest BCUT2D eigenvalue weighted by atomic mass is 9.95. The van der Waals surface area contributed by atoms with E-state index in [1.165, 1.54) is 13.0 Å². The van der Waals surface area contributed by atoms with Crippen LogP contribution >= 0.6 is 0 Å². The lowest BCUT2D eigenvalue weighted by Crippen LogP contribution is -2.42. The fraction of sp³-hybridized carbons (Fsp3) is 0.227. The van der Waals surface area contributed by atoms with Gasteiger partial charge in [-0.15, -0.1) is 0 Å². The van der Waals surface area contributed by atoms with E-state index in [0.29, 0.717) is 17.0 Å². The van der Waals surface area contributed by atoms with E-state index in [1.807, 2.05) is 43.3 Å². The Morgan fingerprint density at radius 2 is 1.97 bits per heavy atom. The first-order valence-corrected chi connectivity index (χ1v) is 9.44. The van der Waals surface area contributed by atoms with E-state index in [0.717, 1.165) is 11.1 Å². The van der Waals surface area contributed by atoms with Gasteiger partial charge in [0.05, 0.1) is 6.54 Å². The number of aromatic nitrogens is 1. The number of carboxylic acid groups (broad SMARTS) is 1. The predicted octanol–water partition coefficient (Wildman–Crippen LogP) is 3.51. The number of rotatable bonds is 7. The Labute approximate surface area is 173 Å². The number of nitrogens with two attached hydrogens (primary N) is 1. The second-order valence-corrected chi connectivity index (χ2v) is 6.95. The molecular weight excluding hydrogens is 387 g/mol. The third-order valence-electron chi connectivity index (χ3n) is 4.73. The van der Waals surface area contributed by atoms with Crippen LogP contribution in [0, 0.1) is 5.82 Å². The van der Waals surface area contributed by atoms with Gasteiger partial charge in [-0.2, -0.15) is 0 Å². The molecule has 0 amide bonds. The monoisotopic (exact) mass is 410 g/mol. The van der Waals surface area contributed by atoms with Gasteiger partial charge < -0.3 is 20.7 Å². The summed E-state index contributed by atoms with van der Waals surface area (Å²) < 4.78 is 20.1. The molecule has 4 N–H and O–H groups in total. The molecule has 0 aliphatic rings. The van der Waals surface area contributed by atoms with Crippen molar-refractivity contribution in [3.63, 3.8) is 0 Å². The zero-order valence-corrected chi connectivity index (χ0v) is 16.7. The Bertz CT molecular complexity index is 1050. The first kappa shape index (κ1) is 21.0. The molecule has 2 atom stereocenters. The zero-order chi connectivity index (χ0) is 21.7. The summed E-state index contributed by atoms with van der Waals surface area (Å²) in [5.74, 6) is -0.979. The molecule has 156 valence electrons. The molecule has 1 aromatic heterocycles. The maximum absolute atomic E-state index is 14.7. The predicted molar refractivity (Wildman–Crippen MR) is 111 cm³/mol. The van der Waals surface area contributed by atoms with Gasteiger partial charge in [-0.3, -0.25) is 4.79 Å². The van der Waals surface area contributed by atoms with Gasteiger partial charge in [0.25, 0.3) is 0 Å². The average Bonchev–Trinajstić information content (AvgIpc) is 3.21. The largest absolute Gasteiger partial charge is 0.480 e. The summed E-state index contributed by atoms with van der Waals surface area (Å²) in [6.07, 6.45) is 0. The second kappa shape index (κ2) is 9.21. The van der Waals surface area contributed by atoms with Crippen LogP contribution in [0.3, 0.4) is 0 Å². The first-order valence-electron chi connectivity index (χ1n) is 9.44. The van der Waals surface area contributed by atoms with Gasteiger partial charge in [-0.05, 0) is 24.1 Å². The molecular formula is C22H23FN4O3. The summed E-state index contributed by atoms with van der Waals surface area (Å²) >= 11 is 0. The normalized spacial score (nSPS) is 13.6. The summed E-state index contributed by atoms with van der Waals surface area (Å²) in [5.41, 5.74) is 8.32. The molecule has 2 aromatic carbocycles. The van der Waals surface area contributed by atoms with Gasteiger partial charge in [-0.1, -0.05) is 54.5 Å². The SMILES string of the molecule is CC(NC(N)=NCc1cc(C(C)c2ccc(-c3ccccc3)c(F)c2)on1)C(=O)O. The van der Waals surface area contributed by atoms with E-state index in [2.05, 4.69) is 15.5 Å². The minimum absolute atomic E-state index is 0.000991. The van der Waals surface area contributed by atoms with Crippen molar-refractivity contribution in [3.05, 3.63) is 77.4 Å². The number of hydrogen-bond donors (Lipinski definition) is 3. The number of carbonyl (C=O) groups is 1. The third kappa shape index (κ3) is 5.02. The molecule has 8 heteroatoms. The molecule has 2 unspecified atom stereocenters. The molecule has 1 heterocycles. The summed E-state index contributed by atoms with van der Waals surface area (Å²) in [4.78, 5) is 14.9. The molecule has 7 nitrogen and oxygen atoms in total. The standard InChI is InChI=1S/C22H23FN4O3/c1-13(16-8-9-18(19(23)10-16)15-6-4-3-5-7-15)20-11-17(27-30-20)12-25-22(24)26-14(2)21(28)29/h3-11,13-14H,12H2,1-2H3,(H,28,29)(H3,24,25,26). The summed E-state index contributed by atoms with van der Waals surface area (Å²) in [6.45, 7) is 3.49. The topological polar surface area (TPSA) is 114 Å². The van der Waals surface area contributed by atoms with Crippen LogP contribution in [-0.2, 0) is 11.3 Å². The smallest absolute Gasteiger partial charge is 0.325 e. The van der Waals surface area contributed by atoms with Gasteiger partial charge in [0.1, 0.15) is 23.3 Å². The van der Waals surface area contributed by atoms with Crippen molar-refractivity contribution in [1.29, 1.82) is 0 Å². The highest BCUT2D eigenvalue weighted by molar-refractivity contribution is 5.84. The van der Waals surface area contributed by atoms with E-state index in [4.69, 9.17) is 15.4 Å². The van der Waals surface area contributed by atoms with Crippen LogP contribution in [0.2, 0.25) is 0 Å². The Kier molecular flexibility index (Phi) is 6.46. The highest BCUT2D eigenvalue weighted by Crippen LogP contribution is 2.29. The fourth-order valence-corrected chi connectivity index (χ4v) is 2.92. The van der Waals surface area contributed by atoms with Crippen molar-refractivity contribution >= 4 is 11.9 Å². The van der Waals surface area contributed by atoms with Crippen LogP contribution in [0.1, 0.15) is 36.8 Å². The van der Waals surface area contributed by atoms with E-state index in [-0.39, 0.29) is 24.2 Å². The first-order chi connectivity index (χ1) is 14.3. The molecule has 0 aliphatic carbocycles. The molecule has 0 aliphatic heterocycles. The van der Waals surface area contributed by atoms with Crippen molar-refractivity contribution in [2.24, 2.45) is 10.7 Å². The maximum Gasteiger partial charge on any atom is 0.325 e. The average molecular weight is 410 g/mol. The minimum Gasteiger partial charge on any atom is -0.480 e. The molecule has 30 heavy (non-hydrogen) atoms. The summed E-state index contributed by atoms with van der Waals surface area (Å²) in [7, 11) is 0. The van der Waals surface area contributed by atoms with Gasteiger partial charge in [0.15, 0.2) is 5.96 Å². The molecule has 3 aromatic rings.